The zero-order valence-electron chi connectivity index (χ0n) is 15.6. The van der Waals surface area contributed by atoms with Crippen LogP contribution < -0.4 is 11.5 Å². The van der Waals surface area contributed by atoms with E-state index in [1.807, 2.05) is 44.2 Å². The van der Waals surface area contributed by atoms with Crippen LogP contribution in [0.1, 0.15) is 51.5 Å². The summed E-state index contributed by atoms with van der Waals surface area (Å²) in [4.78, 5) is 24.5. The number of carbonyl (C=O) groups excluding carboxylic acids is 2. The van der Waals surface area contributed by atoms with Crippen molar-refractivity contribution in [2.75, 3.05) is 5.75 Å². The number of nitrogens with two attached hydrogens (primary N) is 2. The summed E-state index contributed by atoms with van der Waals surface area (Å²) in [6.45, 7) is 3.79. The minimum Gasteiger partial charge on any atom is -0.368 e. The number of hydrogen-bond acceptors (Lipinski definition) is 5. The van der Waals surface area contributed by atoms with Crippen molar-refractivity contribution in [2.45, 2.75) is 63.2 Å². The first-order chi connectivity index (χ1) is 12.2. The number of primary amides is 1. The zero-order chi connectivity index (χ0) is 19.8. The molecule has 0 aliphatic carbocycles. The van der Waals surface area contributed by atoms with E-state index in [1.165, 1.54) is 0 Å². The molecular formula is C19H30N2O4S. The molecule has 0 heterocycles. The highest BCUT2D eigenvalue weighted by Crippen LogP contribution is 2.21. The van der Waals surface area contributed by atoms with E-state index in [9.17, 15) is 18.0 Å². The largest absolute Gasteiger partial charge is 0.368 e. The topological polar surface area (TPSA) is 120 Å². The van der Waals surface area contributed by atoms with Crippen LogP contribution in [0.15, 0.2) is 30.3 Å². The van der Waals surface area contributed by atoms with Gasteiger partial charge in [-0.25, -0.2) is 8.42 Å². The lowest BCUT2D eigenvalue weighted by molar-refractivity contribution is -0.133. The third-order valence-electron chi connectivity index (χ3n) is 4.58. The fourth-order valence-corrected chi connectivity index (χ4v) is 5.36. The highest BCUT2D eigenvalue weighted by molar-refractivity contribution is 7.92. The molecule has 4 N–H and O–H groups in total. The number of aryl methyl sites for hydroxylation is 1. The third-order valence-corrected chi connectivity index (χ3v) is 6.92. The minimum atomic E-state index is -3.72. The van der Waals surface area contributed by atoms with E-state index in [4.69, 9.17) is 11.5 Å². The highest BCUT2D eigenvalue weighted by Gasteiger charge is 2.45. The van der Waals surface area contributed by atoms with Crippen molar-refractivity contribution in [1.82, 2.24) is 0 Å². The van der Waals surface area contributed by atoms with Crippen molar-refractivity contribution in [3.63, 3.8) is 0 Å². The SMILES string of the molecule is CCCC(CCC)S(=O)(=O)C[C@](N)(C(N)=O)C(=O)CCc1ccccc1. The van der Waals surface area contributed by atoms with Gasteiger partial charge in [0.05, 0.1) is 11.0 Å². The molecule has 0 spiro atoms. The monoisotopic (exact) mass is 382 g/mol. The van der Waals surface area contributed by atoms with Gasteiger partial charge in [0.1, 0.15) is 0 Å². The minimum absolute atomic E-state index is 0.0365. The molecule has 26 heavy (non-hydrogen) atoms. The normalized spacial score (nSPS) is 14.2. The van der Waals surface area contributed by atoms with Gasteiger partial charge in [0.15, 0.2) is 21.2 Å². The maximum atomic E-state index is 12.8. The molecule has 1 aromatic carbocycles. The lowest BCUT2D eigenvalue weighted by Crippen LogP contribution is -2.63. The van der Waals surface area contributed by atoms with Crippen molar-refractivity contribution in [2.24, 2.45) is 11.5 Å². The summed E-state index contributed by atoms with van der Waals surface area (Å²) in [5.74, 6) is -2.46. The number of amides is 1. The molecule has 146 valence electrons. The average molecular weight is 383 g/mol. The fraction of sp³-hybridized carbons (Fsp3) is 0.579. The number of rotatable bonds is 12. The van der Waals surface area contributed by atoms with Gasteiger partial charge < -0.3 is 11.5 Å². The molecule has 0 aliphatic rings. The molecule has 1 rings (SSSR count). The first-order valence-corrected chi connectivity index (χ1v) is 10.8. The number of hydrogen-bond donors (Lipinski definition) is 2. The molecule has 0 aromatic heterocycles. The molecule has 0 fully saturated rings. The van der Waals surface area contributed by atoms with Crippen molar-refractivity contribution >= 4 is 21.5 Å². The van der Waals surface area contributed by atoms with E-state index in [2.05, 4.69) is 0 Å². The van der Waals surface area contributed by atoms with Gasteiger partial charge in [-0.3, -0.25) is 9.59 Å². The number of Topliss-reactive ketones (excluding diaryl/α,β-unsaturated/α-hetero) is 1. The lowest BCUT2D eigenvalue weighted by atomic mass is 9.92. The Bertz CT molecular complexity index is 698. The van der Waals surface area contributed by atoms with Crippen molar-refractivity contribution < 1.29 is 18.0 Å². The second kappa shape index (κ2) is 9.83. The van der Waals surface area contributed by atoms with Gasteiger partial charge in [0, 0.05) is 6.42 Å². The van der Waals surface area contributed by atoms with Crippen LogP contribution in [-0.2, 0) is 25.8 Å². The fourth-order valence-electron chi connectivity index (χ4n) is 3.00. The van der Waals surface area contributed by atoms with Gasteiger partial charge >= 0.3 is 0 Å². The molecule has 1 aromatic rings. The standard InChI is InChI=1S/C19H30N2O4S/c1-3-8-16(9-4-2)26(24,25)14-19(21,18(20)23)17(22)13-12-15-10-6-5-7-11-15/h5-7,10-11,16H,3-4,8-9,12-14,21H2,1-2H3,(H2,20,23)/t19-/m1/s1. The summed E-state index contributed by atoms with van der Waals surface area (Å²) >= 11 is 0. The predicted octanol–water partition coefficient (Wildman–Crippen LogP) is 1.75. The van der Waals surface area contributed by atoms with E-state index in [-0.39, 0.29) is 6.42 Å². The first-order valence-electron chi connectivity index (χ1n) is 9.05. The van der Waals surface area contributed by atoms with E-state index < -0.39 is 38.1 Å². The van der Waals surface area contributed by atoms with Gasteiger partial charge in [-0.1, -0.05) is 57.0 Å². The number of sulfone groups is 1. The lowest BCUT2D eigenvalue weighted by Gasteiger charge is -2.27. The van der Waals surface area contributed by atoms with Gasteiger partial charge in [0.25, 0.3) is 0 Å². The Balaban J connectivity index is 2.96. The quantitative estimate of drug-likeness (QED) is 0.534. The molecule has 1 atom stereocenters. The Morgan fingerprint density at radius 3 is 2.08 bits per heavy atom. The van der Waals surface area contributed by atoms with Crippen LogP contribution in [0.25, 0.3) is 0 Å². The molecule has 1 amide bonds. The summed E-state index contributed by atoms with van der Waals surface area (Å²) in [5, 5.41) is -0.610. The molecule has 0 saturated heterocycles. The Hall–Kier alpha value is -1.73. The van der Waals surface area contributed by atoms with E-state index in [0.29, 0.717) is 32.1 Å². The average Bonchev–Trinajstić information content (AvgIpc) is 2.59. The number of ketones is 1. The molecular weight excluding hydrogens is 352 g/mol. The summed E-state index contributed by atoms with van der Waals surface area (Å²) < 4.78 is 25.5. The molecule has 6 nitrogen and oxygen atoms in total. The third kappa shape index (κ3) is 5.92. The van der Waals surface area contributed by atoms with Gasteiger partial charge in [-0.15, -0.1) is 0 Å². The van der Waals surface area contributed by atoms with E-state index in [0.717, 1.165) is 5.56 Å². The summed E-state index contributed by atoms with van der Waals surface area (Å²) in [6, 6.07) is 9.24. The Labute approximate surface area is 156 Å². The maximum Gasteiger partial charge on any atom is 0.246 e. The summed E-state index contributed by atoms with van der Waals surface area (Å²) in [5.41, 5.74) is 10.0. The maximum absolute atomic E-state index is 12.8. The Morgan fingerprint density at radius 1 is 1.08 bits per heavy atom. The van der Waals surface area contributed by atoms with Crippen LogP contribution in [0, 0.1) is 0 Å². The summed E-state index contributed by atoms with van der Waals surface area (Å²) in [7, 11) is -3.72. The molecule has 7 heteroatoms. The van der Waals surface area contributed by atoms with Crippen LogP contribution in [0.2, 0.25) is 0 Å². The van der Waals surface area contributed by atoms with Crippen LogP contribution in [-0.4, -0.2) is 36.6 Å². The van der Waals surface area contributed by atoms with Gasteiger partial charge in [-0.05, 0) is 24.8 Å². The zero-order valence-corrected chi connectivity index (χ0v) is 16.4. The van der Waals surface area contributed by atoms with Gasteiger partial charge in [-0.2, -0.15) is 0 Å². The second-order valence-electron chi connectivity index (χ2n) is 6.75. The van der Waals surface area contributed by atoms with Crippen molar-refractivity contribution in [1.29, 1.82) is 0 Å². The van der Waals surface area contributed by atoms with Crippen LogP contribution in [0.3, 0.4) is 0 Å². The summed E-state index contributed by atoms with van der Waals surface area (Å²) in [6.07, 6.45) is 2.68. The highest BCUT2D eigenvalue weighted by atomic mass is 32.2. The van der Waals surface area contributed by atoms with Crippen LogP contribution in [0.5, 0.6) is 0 Å². The molecule has 0 saturated carbocycles. The molecule has 0 unspecified atom stereocenters. The molecule has 0 bridgehead atoms. The van der Waals surface area contributed by atoms with E-state index in [1.54, 1.807) is 0 Å². The number of carbonyl (C=O) groups is 2. The first kappa shape index (κ1) is 22.3. The Morgan fingerprint density at radius 2 is 1.62 bits per heavy atom. The van der Waals surface area contributed by atoms with Gasteiger partial charge in [0.2, 0.25) is 5.91 Å². The van der Waals surface area contributed by atoms with E-state index >= 15 is 0 Å². The smallest absolute Gasteiger partial charge is 0.246 e. The van der Waals surface area contributed by atoms with Crippen molar-refractivity contribution in [3.8, 4) is 0 Å². The second-order valence-corrected chi connectivity index (χ2v) is 9.03. The number of benzene rings is 1. The van der Waals surface area contributed by atoms with Crippen LogP contribution >= 0.6 is 0 Å². The molecule has 0 aliphatic heterocycles. The molecule has 0 radical (unpaired) electrons. The van der Waals surface area contributed by atoms with Crippen molar-refractivity contribution in [3.05, 3.63) is 35.9 Å². The predicted molar refractivity (Wildman–Crippen MR) is 103 cm³/mol. The van der Waals surface area contributed by atoms with Crippen LogP contribution in [0.4, 0.5) is 0 Å². The Kier molecular flexibility index (Phi) is 8.43.